The number of aromatic nitrogens is 2. The second kappa shape index (κ2) is 4.28. The van der Waals surface area contributed by atoms with Gasteiger partial charge >= 0.3 is 0 Å². The summed E-state index contributed by atoms with van der Waals surface area (Å²) in [4.78, 5) is 4.51. The van der Waals surface area contributed by atoms with Gasteiger partial charge in [-0.15, -0.1) is 0 Å². The Bertz CT molecular complexity index is 576. The molecule has 1 aliphatic rings. The Morgan fingerprint density at radius 2 is 2.22 bits per heavy atom. The van der Waals surface area contributed by atoms with Crippen LogP contribution in [0.25, 0.3) is 11.0 Å². The third-order valence-electron chi connectivity index (χ3n) is 4.00. The number of rotatable bonds is 2. The number of anilines is 1. The summed E-state index contributed by atoms with van der Waals surface area (Å²) in [6, 6.07) is 6.55. The molecule has 3 rings (SSSR count). The molecule has 0 spiro atoms. The van der Waals surface area contributed by atoms with Crippen molar-refractivity contribution >= 4 is 17.0 Å². The first-order valence-electron chi connectivity index (χ1n) is 6.48. The summed E-state index contributed by atoms with van der Waals surface area (Å²) in [7, 11) is 1.78. The van der Waals surface area contributed by atoms with Crippen LogP contribution in [-0.4, -0.2) is 22.8 Å². The Morgan fingerprint density at radius 3 is 3.00 bits per heavy atom. The average Bonchev–Trinajstić information content (AvgIpc) is 2.93. The van der Waals surface area contributed by atoms with E-state index in [0.717, 1.165) is 23.9 Å². The summed E-state index contributed by atoms with van der Waals surface area (Å²) in [5, 5.41) is 0. The van der Waals surface area contributed by atoms with Gasteiger partial charge in [-0.2, -0.15) is 0 Å². The minimum atomic E-state index is 0.255. The molecule has 1 aliphatic carbocycles. The highest BCUT2D eigenvalue weighted by Gasteiger charge is 2.31. The van der Waals surface area contributed by atoms with E-state index in [9.17, 15) is 0 Å². The van der Waals surface area contributed by atoms with Crippen LogP contribution in [0, 0.1) is 6.92 Å². The van der Waals surface area contributed by atoms with Gasteiger partial charge in [0.2, 0.25) is 5.95 Å². The lowest BCUT2D eigenvalue weighted by atomic mass is 10.1. The number of hydrogen-bond acceptors (Lipinski definition) is 3. The first-order chi connectivity index (χ1) is 8.72. The van der Waals surface area contributed by atoms with E-state index >= 15 is 0 Å². The molecule has 4 nitrogen and oxygen atoms in total. The number of nitrogens with zero attached hydrogens (tertiary/aromatic N) is 2. The highest BCUT2D eigenvalue weighted by Crippen LogP contribution is 2.36. The molecule has 2 aromatic rings. The molecule has 0 aliphatic heterocycles. The first-order valence-corrected chi connectivity index (χ1v) is 6.48. The second-order valence-corrected chi connectivity index (χ2v) is 5.06. The summed E-state index contributed by atoms with van der Waals surface area (Å²) in [5.41, 5.74) is 9.42. The predicted octanol–water partition coefficient (Wildman–Crippen LogP) is 2.67. The average molecular weight is 245 g/mol. The molecule has 1 heterocycles. The second-order valence-electron chi connectivity index (χ2n) is 5.06. The molecule has 0 amide bonds. The Kier molecular flexibility index (Phi) is 2.74. The van der Waals surface area contributed by atoms with Crippen molar-refractivity contribution in [3.63, 3.8) is 0 Å². The maximum Gasteiger partial charge on any atom is 0.201 e. The molecule has 0 saturated heterocycles. The number of methoxy groups -OCH3 is 1. The fourth-order valence-electron chi connectivity index (χ4n) is 3.10. The summed E-state index contributed by atoms with van der Waals surface area (Å²) in [5.74, 6) is 0.605. The van der Waals surface area contributed by atoms with Crippen molar-refractivity contribution in [3.05, 3.63) is 23.8 Å². The molecule has 4 heteroatoms. The van der Waals surface area contributed by atoms with Gasteiger partial charge in [-0.3, -0.25) is 0 Å². The smallest absolute Gasteiger partial charge is 0.201 e. The van der Waals surface area contributed by atoms with Crippen molar-refractivity contribution in [3.8, 4) is 0 Å². The van der Waals surface area contributed by atoms with Gasteiger partial charge < -0.3 is 15.0 Å². The number of aryl methyl sites for hydroxylation is 1. The third kappa shape index (κ3) is 1.60. The molecule has 0 bridgehead atoms. The quantitative estimate of drug-likeness (QED) is 0.885. The lowest BCUT2D eigenvalue weighted by Crippen LogP contribution is -2.21. The zero-order valence-electron chi connectivity index (χ0n) is 10.9. The van der Waals surface area contributed by atoms with E-state index in [4.69, 9.17) is 10.5 Å². The van der Waals surface area contributed by atoms with Gasteiger partial charge in [0, 0.05) is 7.11 Å². The minimum Gasteiger partial charge on any atom is -0.379 e. The standard InChI is InChI=1S/C14H19N3O/c1-9-5-3-7-11-13(9)16-14(15)17(11)10-6-4-8-12(10)18-2/h3,5,7,10,12H,4,6,8H2,1-2H3,(H2,15,16). The van der Waals surface area contributed by atoms with Crippen LogP contribution in [-0.2, 0) is 4.74 Å². The van der Waals surface area contributed by atoms with Crippen molar-refractivity contribution in [1.29, 1.82) is 0 Å². The Balaban J connectivity index is 2.16. The van der Waals surface area contributed by atoms with Crippen molar-refractivity contribution in [2.24, 2.45) is 0 Å². The number of para-hydroxylation sites is 1. The Hall–Kier alpha value is -1.55. The highest BCUT2D eigenvalue weighted by molar-refractivity contribution is 5.81. The van der Waals surface area contributed by atoms with Crippen molar-refractivity contribution in [2.45, 2.75) is 38.3 Å². The molecule has 1 aromatic heterocycles. The van der Waals surface area contributed by atoms with Crippen molar-refractivity contribution in [1.82, 2.24) is 9.55 Å². The lowest BCUT2D eigenvalue weighted by Gasteiger charge is -2.21. The predicted molar refractivity (Wildman–Crippen MR) is 72.6 cm³/mol. The molecule has 1 saturated carbocycles. The largest absolute Gasteiger partial charge is 0.379 e. The number of imidazole rings is 1. The van der Waals surface area contributed by atoms with Gasteiger partial charge in [0.15, 0.2) is 0 Å². The molecule has 1 aromatic carbocycles. The summed E-state index contributed by atoms with van der Waals surface area (Å²) in [6.07, 6.45) is 3.66. The van der Waals surface area contributed by atoms with Crippen LogP contribution in [0.15, 0.2) is 18.2 Å². The Morgan fingerprint density at radius 1 is 1.39 bits per heavy atom. The molecular formula is C14H19N3O. The number of nitrogen functional groups attached to an aromatic ring is 1. The number of ether oxygens (including phenoxy) is 1. The summed E-state index contributed by atoms with van der Waals surface area (Å²) in [6.45, 7) is 2.07. The summed E-state index contributed by atoms with van der Waals surface area (Å²) < 4.78 is 7.73. The lowest BCUT2D eigenvalue weighted by molar-refractivity contribution is 0.0768. The van der Waals surface area contributed by atoms with Gasteiger partial charge in [0.25, 0.3) is 0 Å². The van der Waals surface area contributed by atoms with E-state index in [-0.39, 0.29) is 6.10 Å². The number of nitrogens with two attached hydrogens (primary N) is 1. The van der Waals surface area contributed by atoms with Gasteiger partial charge in [0.1, 0.15) is 0 Å². The number of hydrogen-bond donors (Lipinski definition) is 1. The number of fused-ring (bicyclic) bond motifs is 1. The normalized spacial score (nSPS) is 23.9. The molecule has 96 valence electrons. The van der Waals surface area contributed by atoms with Crippen LogP contribution >= 0.6 is 0 Å². The van der Waals surface area contributed by atoms with Gasteiger partial charge in [-0.05, 0) is 37.8 Å². The fraction of sp³-hybridized carbons (Fsp3) is 0.500. The van der Waals surface area contributed by atoms with E-state index in [1.807, 2.05) is 0 Å². The molecule has 2 unspecified atom stereocenters. The van der Waals surface area contributed by atoms with Crippen molar-refractivity contribution in [2.75, 3.05) is 12.8 Å². The van der Waals surface area contributed by atoms with Crippen LogP contribution in [0.5, 0.6) is 0 Å². The van der Waals surface area contributed by atoms with Gasteiger partial charge in [0.05, 0.1) is 23.2 Å². The van der Waals surface area contributed by atoms with Crippen LogP contribution in [0.2, 0.25) is 0 Å². The van der Waals surface area contributed by atoms with Crippen LogP contribution in [0.3, 0.4) is 0 Å². The van der Waals surface area contributed by atoms with Crippen LogP contribution in [0.1, 0.15) is 30.9 Å². The molecule has 2 atom stereocenters. The molecule has 0 radical (unpaired) electrons. The molecule has 1 fully saturated rings. The third-order valence-corrected chi connectivity index (χ3v) is 4.00. The van der Waals surface area contributed by atoms with E-state index in [1.165, 1.54) is 12.0 Å². The van der Waals surface area contributed by atoms with Gasteiger partial charge in [-0.1, -0.05) is 12.1 Å². The monoisotopic (exact) mass is 245 g/mol. The molecule has 2 N–H and O–H groups in total. The maximum absolute atomic E-state index is 6.12. The van der Waals surface area contributed by atoms with E-state index in [1.54, 1.807) is 7.11 Å². The topological polar surface area (TPSA) is 53.1 Å². The first kappa shape index (κ1) is 11.5. The molecular weight excluding hydrogens is 226 g/mol. The zero-order valence-corrected chi connectivity index (χ0v) is 10.9. The van der Waals surface area contributed by atoms with E-state index in [2.05, 4.69) is 34.7 Å². The number of benzene rings is 1. The molecule has 18 heavy (non-hydrogen) atoms. The minimum absolute atomic E-state index is 0.255. The van der Waals surface area contributed by atoms with Gasteiger partial charge in [-0.25, -0.2) is 4.98 Å². The SMILES string of the molecule is COC1CCCC1n1c(N)nc2c(C)cccc21. The van der Waals surface area contributed by atoms with Crippen LogP contribution in [0.4, 0.5) is 5.95 Å². The Labute approximate surface area is 107 Å². The highest BCUT2D eigenvalue weighted by atomic mass is 16.5. The van der Waals surface area contributed by atoms with E-state index < -0.39 is 0 Å². The van der Waals surface area contributed by atoms with E-state index in [0.29, 0.717) is 12.0 Å². The summed E-state index contributed by atoms with van der Waals surface area (Å²) >= 11 is 0. The zero-order chi connectivity index (χ0) is 12.7. The maximum atomic E-state index is 6.12. The van der Waals surface area contributed by atoms with Crippen molar-refractivity contribution < 1.29 is 4.74 Å². The van der Waals surface area contributed by atoms with Crippen LogP contribution < -0.4 is 5.73 Å². The fourth-order valence-corrected chi connectivity index (χ4v) is 3.10.